The molecule has 0 saturated carbocycles. The topological polar surface area (TPSA) is 53.1 Å². The highest BCUT2D eigenvalue weighted by Gasteiger charge is 2.50. The lowest BCUT2D eigenvalue weighted by atomic mass is 10.0. The van der Waals surface area contributed by atoms with Gasteiger partial charge in [0.05, 0.1) is 6.04 Å². The molecule has 1 aromatic carbocycles. The number of carboxylic acid groups (broad SMARTS) is 1. The zero-order chi connectivity index (χ0) is 12.7. The maximum absolute atomic E-state index is 12.8. The highest BCUT2D eigenvalue weighted by atomic mass is 19.1. The number of hydrogen-bond acceptors (Lipinski definition) is 2. The first-order chi connectivity index (χ1) is 8.66. The Kier molecular flexibility index (Phi) is 2.70. The Balaban J connectivity index is 1.70. The maximum Gasteiger partial charge on any atom is 0.407 e. The summed E-state index contributed by atoms with van der Waals surface area (Å²) in [5, 5.41) is 9.07. The van der Waals surface area contributed by atoms with Gasteiger partial charge in [0, 0.05) is 6.54 Å². The number of rotatable bonds is 2. The molecule has 2 saturated heterocycles. The summed E-state index contributed by atoms with van der Waals surface area (Å²) in [6, 6.07) is 6.13. The van der Waals surface area contributed by atoms with E-state index in [9.17, 15) is 9.18 Å². The van der Waals surface area contributed by atoms with Crippen LogP contribution in [0.1, 0.15) is 24.5 Å². The number of epoxide rings is 1. The van der Waals surface area contributed by atoms with Crippen LogP contribution in [-0.4, -0.2) is 34.8 Å². The van der Waals surface area contributed by atoms with Crippen molar-refractivity contribution in [3.63, 3.8) is 0 Å². The molecule has 96 valence electrons. The van der Waals surface area contributed by atoms with Gasteiger partial charge in [0.2, 0.25) is 0 Å². The van der Waals surface area contributed by atoms with Crippen LogP contribution in [0.5, 0.6) is 0 Å². The molecular weight excluding hydrogens is 237 g/mol. The molecule has 0 unspecified atom stereocenters. The molecule has 3 rings (SSSR count). The monoisotopic (exact) mass is 251 g/mol. The van der Waals surface area contributed by atoms with E-state index in [-0.39, 0.29) is 24.1 Å². The molecule has 0 aromatic heterocycles. The average Bonchev–Trinajstić information content (AvgIpc) is 2.98. The number of likely N-dealkylation sites (tertiary alicyclic amines) is 1. The summed E-state index contributed by atoms with van der Waals surface area (Å²) in [7, 11) is 0. The molecule has 0 bridgehead atoms. The highest BCUT2D eigenvalue weighted by Crippen LogP contribution is 2.44. The molecule has 4 nitrogen and oxygen atoms in total. The molecule has 1 aromatic rings. The van der Waals surface area contributed by atoms with E-state index in [2.05, 4.69) is 0 Å². The third kappa shape index (κ3) is 1.95. The molecule has 0 aliphatic carbocycles. The van der Waals surface area contributed by atoms with Gasteiger partial charge in [-0.3, -0.25) is 0 Å². The first-order valence-electron chi connectivity index (χ1n) is 6.07. The van der Waals surface area contributed by atoms with Gasteiger partial charge in [0.25, 0.3) is 0 Å². The summed E-state index contributed by atoms with van der Waals surface area (Å²) in [5.41, 5.74) is 0.915. The average molecular weight is 251 g/mol. The van der Waals surface area contributed by atoms with Crippen LogP contribution >= 0.6 is 0 Å². The summed E-state index contributed by atoms with van der Waals surface area (Å²) in [4.78, 5) is 12.5. The number of carbonyl (C=O) groups is 1. The van der Waals surface area contributed by atoms with Crippen LogP contribution in [-0.2, 0) is 4.74 Å². The zero-order valence-electron chi connectivity index (χ0n) is 9.75. The van der Waals surface area contributed by atoms with E-state index in [1.54, 1.807) is 12.1 Å². The third-order valence-electron chi connectivity index (χ3n) is 3.65. The van der Waals surface area contributed by atoms with Crippen molar-refractivity contribution in [3.8, 4) is 0 Å². The van der Waals surface area contributed by atoms with E-state index in [4.69, 9.17) is 9.84 Å². The number of nitrogens with zero attached hydrogens (tertiary/aromatic N) is 1. The predicted octanol–water partition coefficient (Wildman–Crippen LogP) is 2.41. The number of ether oxygens (including phenoxy) is 1. The van der Waals surface area contributed by atoms with Crippen molar-refractivity contribution in [2.45, 2.75) is 31.1 Å². The van der Waals surface area contributed by atoms with Crippen molar-refractivity contribution in [1.29, 1.82) is 0 Å². The van der Waals surface area contributed by atoms with Gasteiger partial charge in [0.15, 0.2) is 0 Å². The number of hydrogen-bond donors (Lipinski definition) is 1. The minimum atomic E-state index is -0.883. The molecule has 2 aliphatic rings. The van der Waals surface area contributed by atoms with Gasteiger partial charge in [-0.2, -0.15) is 0 Å². The quantitative estimate of drug-likeness (QED) is 0.821. The van der Waals surface area contributed by atoms with Crippen LogP contribution in [0.15, 0.2) is 24.3 Å². The van der Waals surface area contributed by atoms with Gasteiger partial charge in [0.1, 0.15) is 18.0 Å². The predicted molar refractivity (Wildman–Crippen MR) is 61.8 cm³/mol. The Morgan fingerprint density at radius 2 is 2.11 bits per heavy atom. The van der Waals surface area contributed by atoms with Crippen LogP contribution in [0, 0.1) is 5.82 Å². The lowest BCUT2D eigenvalue weighted by Gasteiger charge is -2.19. The maximum atomic E-state index is 12.8. The Morgan fingerprint density at radius 1 is 1.39 bits per heavy atom. The lowest BCUT2D eigenvalue weighted by molar-refractivity contribution is 0.132. The summed E-state index contributed by atoms with van der Waals surface area (Å²) >= 11 is 0. The highest BCUT2D eigenvalue weighted by molar-refractivity contribution is 5.66. The summed E-state index contributed by atoms with van der Waals surface area (Å²) in [6.45, 7) is 0.579. The van der Waals surface area contributed by atoms with Gasteiger partial charge in [-0.1, -0.05) is 12.1 Å². The lowest BCUT2D eigenvalue weighted by Crippen LogP contribution is -2.37. The third-order valence-corrected chi connectivity index (χ3v) is 3.65. The standard InChI is InChI=1S/C13H14FNO3/c14-9-5-3-8(4-6-9)11-12(18-11)10-2-1-7-15(10)13(16)17/h3-6,10-12H,1-2,7H2,(H,16,17)/t10-,11-,12-/m1/s1. The molecule has 2 fully saturated rings. The minimum absolute atomic E-state index is 0.0578. The smallest absolute Gasteiger partial charge is 0.407 e. The first-order valence-corrected chi connectivity index (χ1v) is 6.07. The van der Waals surface area contributed by atoms with Crippen molar-refractivity contribution in [2.24, 2.45) is 0 Å². The van der Waals surface area contributed by atoms with Crippen LogP contribution in [0.3, 0.4) is 0 Å². The van der Waals surface area contributed by atoms with E-state index in [1.165, 1.54) is 17.0 Å². The minimum Gasteiger partial charge on any atom is -0.465 e. The molecule has 18 heavy (non-hydrogen) atoms. The van der Waals surface area contributed by atoms with Crippen molar-refractivity contribution >= 4 is 6.09 Å². The molecule has 2 aliphatic heterocycles. The van der Waals surface area contributed by atoms with E-state index < -0.39 is 6.09 Å². The molecule has 2 heterocycles. The molecular formula is C13H14FNO3. The normalized spacial score (nSPS) is 30.5. The van der Waals surface area contributed by atoms with Gasteiger partial charge in [-0.15, -0.1) is 0 Å². The van der Waals surface area contributed by atoms with Gasteiger partial charge >= 0.3 is 6.09 Å². The first kappa shape index (κ1) is 11.5. The molecule has 0 radical (unpaired) electrons. The van der Waals surface area contributed by atoms with E-state index in [0.29, 0.717) is 6.54 Å². The fraction of sp³-hybridized carbons (Fsp3) is 0.462. The number of benzene rings is 1. The SMILES string of the molecule is O=C(O)N1CCC[C@@H]1[C@H]1O[C@@H]1c1ccc(F)cc1. The zero-order valence-corrected chi connectivity index (χ0v) is 9.75. The van der Waals surface area contributed by atoms with Crippen LogP contribution < -0.4 is 0 Å². The second kappa shape index (κ2) is 4.24. The second-order valence-corrected chi connectivity index (χ2v) is 4.76. The Bertz CT molecular complexity index is 462. The largest absolute Gasteiger partial charge is 0.465 e. The van der Waals surface area contributed by atoms with Crippen LogP contribution in [0.2, 0.25) is 0 Å². The van der Waals surface area contributed by atoms with Gasteiger partial charge in [-0.25, -0.2) is 9.18 Å². The van der Waals surface area contributed by atoms with E-state index >= 15 is 0 Å². The van der Waals surface area contributed by atoms with Gasteiger partial charge in [-0.05, 0) is 30.5 Å². The Labute approximate surface area is 104 Å². The second-order valence-electron chi connectivity index (χ2n) is 4.76. The molecule has 1 N–H and O–H groups in total. The number of halogens is 1. The van der Waals surface area contributed by atoms with E-state index in [0.717, 1.165) is 18.4 Å². The fourth-order valence-electron chi connectivity index (χ4n) is 2.71. The van der Waals surface area contributed by atoms with E-state index in [1.807, 2.05) is 0 Å². The molecule has 1 amide bonds. The van der Waals surface area contributed by atoms with Crippen LogP contribution in [0.4, 0.5) is 9.18 Å². The molecule has 3 atom stereocenters. The fourth-order valence-corrected chi connectivity index (χ4v) is 2.71. The van der Waals surface area contributed by atoms with Crippen LogP contribution in [0.25, 0.3) is 0 Å². The summed E-state index contributed by atoms with van der Waals surface area (Å²) in [5.74, 6) is -0.274. The van der Waals surface area contributed by atoms with Gasteiger partial charge < -0.3 is 14.7 Å². The van der Waals surface area contributed by atoms with Crippen molar-refractivity contribution < 1.29 is 19.0 Å². The number of amides is 1. The summed E-state index contributed by atoms with van der Waals surface area (Å²) in [6.07, 6.45) is 0.678. The van der Waals surface area contributed by atoms with Crippen molar-refractivity contribution in [1.82, 2.24) is 4.90 Å². The Morgan fingerprint density at radius 3 is 2.78 bits per heavy atom. The van der Waals surface area contributed by atoms with Crippen molar-refractivity contribution in [3.05, 3.63) is 35.6 Å². The molecule has 5 heteroatoms. The Hall–Kier alpha value is -1.62. The molecule has 0 spiro atoms. The van der Waals surface area contributed by atoms with Crippen molar-refractivity contribution in [2.75, 3.05) is 6.54 Å². The summed E-state index contributed by atoms with van der Waals surface area (Å²) < 4.78 is 18.4.